The van der Waals surface area contributed by atoms with Crippen LogP contribution in [-0.2, 0) is 6.54 Å². The zero-order valence-corrected chi connectivity index (χ0v) is 19.0. The molecule has 1 aliphatic rings. The smallest absolute Gasteiger partial charge is 0.129 e. The number of hydrogen-bond donors (Lipinski definition) is 0. The Morgan fingerprint density at radius 1 is 1.00 bits per heavy atom. The van der Waals surface area contributed by atoms with Crippen LogP contribution in [-0.4, -0.2) is 50.3 Å². The van der Waals surface area contributed by atoms with Crippen molar-refractivity contribution in [2.45, 2.75) is 6.54 Å². The third kappa shape index (κ3) is 4.74. The molecule has 2 heterocycles. The normalized spacial score (nSPS) is 14.8. The fourth-order valence-electron chi connectivity index (χ4n) is 3.54. The number of ether oxygens (including phenoxy) is 2. The third-order valence-electron chi connectivity index (χ3n) is 5.14. The molecule has 5 nitrogen and oxygen atoms in total. The highest BCUT2D eigenvalue weighted by molar-refractivity contribution is 9.10. The highest BCUT2D eigenvalue weighted by Crippen LogP contribution is 2.34. The molecular formula is C22H24BrN3O2S. The van der Waals surface area contributed by atoms with E-state index in [0.717, 1.165) is 65.0 Å². The Balaban J connectivity index is 1.37. The van der Waals surface area contributed by atoms with Crippen LogP contribution in [0.2, 0.25) is 0 Å². The third-order valence-corrected chi connectivity index (χ3v) is 6.56. The summed E-state index contributed by atoms with van der Waals surface area (Å²) in [6.07, 6.45) is 0. The molecule has 1 aliphatic heterocycles. The van der Waals surface area contributed by atoms with Crippen molar-refractivity contribution in [2.75, 3.05) is 45.3 Å². The Morgan fingerprint density at radius 2 is 1.76 bits per heavy atom. The average Bonchev–Trinajstić information content (AvgIpc) is 3.23. The van der Waals surface area contributed by atoms with E-state index in [1.165, 1.54) is 5.69 Å². The predicted molar refractivity (Wildman–Crippen MR) is 122 cm³/mol. The second-order valence-electron chi connectivity index (χ2n) is 6.95. The number of rotatable bonds is 6. The molecule has 0 N–H and O–H groups in total. The van der Waals surface area contributed by atoms with Gasteiger partial charge in [0.25, 0.3) is 0 Å². The molecule has 1 saturated heterocycles. The number of thiazole rings is 1. The highest BCUT2D eigenvalue weighted by atomic mass is 79.9. The molecular weight excluding hydrogens is 450 g/mol. The van der Waals surface area contributed by atoms with Crippen molar-refractivity contribution in [3.63, 3.8) is 0 Å². The molecule has 0 spiro atoms. The van der Waals surface area contributed by atoms with Gasteiger partial charge in [0.05, 0.1) is 25.5 Å². The lowest BCUT2D eigenvalue weighted by Gasteiger charge is -2.35. The van der Waals surface area contributed by atoms with Crippen LogP contribution in [0, 0.1) is 0 Å². The van der Waals surface area contributed by atoms with Gasteiger partial charge in [-0.25, -0.2) is 4.98 Å². The van der Waals surface area contributed by atoms with E-state index < -0.39 is 0 Å². The average molecular weight is 474 g/mol. The topological polar surface area (TPSA) is 37.8 Å². The van der Waals surface area contributed by atoms with Crippen molar-refractivity contribution in [1.82, 2.24) is 9.88 Å². The van der Waals surface area contributed by atoms with Crippen LogP contribution < -0.4 is 14.4 Å². The summed E-state index contributed by atoms with van der Waals surface area (Å²) in [6.45, 7) is 4.97. The number of halogens is 1. The molecule has 29 heavy (non-hydrogen) atoms. The first-order valence-corrected chi connectivity index (χ1v) is 11.2. The standard InChI is InChI=1S/C22H24BrN3O2S/c1-27-19-6-4-18(5-7-19)26-11-9-25(10-12-26)14-17-15-29-22(24-17)20-13-16(23)3-8-21(20)28-2/h3-8,13,15H,9-12,14H2,1-2H3. The predicted octanol–water partition coefficient (Wildman–Crippen LogP) is 4.91. The molecule has 0 amide bonds. The second-order valence-corrected chi connectivity index (χ2v) is 8.72. The molecule has 3 aromatic rings. The molecule has 0 unspecified atom stereocenters. The van der Waals surface area contributed by atoms with Crippen LogP contribution >= 0.6 is 27.3 Å². The van der Waals surface area contributed by atoms with E-state index in [4.69, 9.17) is 14.5 Å². The quantitative estimate of drug-likeness (QED) is 0.508. The highest BCUT2D eigenvalue weighted by Gasteiger charge is 2.19. The van der Waals surface area contributed by atoms with Crippen molar-refractivity contribution in [3.8, 4) is 22.1 Å². The summed E-state index contributed by atoms with van der Waals surface area (Å²) >= 11 is 5.21. The van der Waals surface area contributed by atoms with Crippen LogP contribution in [0.4, 0.5) is 5.69 Å². The van der Waals surface area contributed by atoms with Gasteiger partial charge in [-0.3, -0.25) is 4.90 Å². The Kier molecular flexibility index (Phi) is 6.37. The zero-order valence-electron chi connectivity index (χ0n) is 16.6. The van der Waals surface area contributed by atoms with Crippen LogP contribution in [0.5, 0.6) is 11.5 Å². The molecule has 0 radical (unpaired) electrons. The van der Waals surface area contributed by atoms with Gasteiger partial charge in [-0.1, -0.05) is 15.9 Å². The van der Waals surface area contributed by atoms with Gasteiger partial charge in [-0.2, -0.15) is 0 Å². The molecule has 0 atom stereocenters. The summed E-state index contributed by atoms with van der Waals surface area (Å²) in [6, 6.07) is 14.3. The van der Waals surface area contributed by atoms with E-state index in [-0.39, 0.29) is 0 Å². The van der Waals surface area contributed by atoms with Gasteiger partial charge in [0.2, 0.25) is 0 Å². The molecule has 152 valence electrons. The first-order valence-electron chi connectivity index (χ1n) is 9.56. The molecule has 4 rings (SSSR count). The summed E-state index contributed by atoms with van der Waals surface area (Å²) in [4.78, 5) is 9.76. The molecule has 1 aromatic heterocycles. The Labute approximate surface area is 184 Å². The van der Waals surface area contributed by atoms with E-state index in [9.17, 15) is 0 Å². The van der Waals surface area contributed by atoms with Crippen molar-refractivity contribution < 1.29 is 9.47 Å². The van der Waals surface area contributed by atoms with Crippen LogP contribution in [0.25, 0.3) is 10.6 Å². The van der Waals surface area contributed by atoms with Gasteiger partial charge in [0, 0.05) is 48.3 Å². The minimum Gasteiger partial charge on any atom is -0.497 e. The Hall–Kier alpha value is -2.09. The lowest BCUT2D eigenvalue weighted by molar-refractivity contribution is 0.247. The summed E-state index contributed by atoms with van der Waals surface area (Å²) in [5, 5.41) is 3.15. The molecule has 0 saturated carbocycles. The van der Waals surface area contributed by atoms with Gasteiger partial charge in [-0.15, -0.1) is 11.3 Å². The lowest BCUT2D eigenvalue weighted by atomic mass is 10.2. The maximum absolute atomic E-state index is 5.50. The fourth-order valence-corrected chi connectivity index (χ4v) is 4.73. The number of aromatic nitrogens is 1. The molecule has 1 fully saturated rings. The maximum Gasteiger partial charge on any atom is 0.129 e. The lowest BCUT2D eigenvalue weighted by Crippen LogP contribution is -2.46. The van der Waals surface area contributed by atoms with Crippen molar-refractivity contribution in [3.05, 3.63) is 58.0 Å². The number of anilines is 1. The summed E-state index contributed by atoms with van der Waals surface area (Å²) in [5.41, 5.74) is 3.40. The molecule has 0 aliphatic carbocycles. The number of methoxy groups -OCH3 is 2. The first kappa shape index (κ1) is 20.2. The van der Waals surface area contributed by atoms with Gasteiger partial charge >= 0.3 is 0 Å². The van der Waals surface area contributed by atoms with Gasteiger partial charge in [-0.05, 0) is 42.5 Å². The van der Waals surface area contributed by atoms with E-state index in [2.05, 4.69) is 49.3 Å². The first-order chi connectivity index (χ1) is 14.2. The van der Waals surface area contributed by atoms with Gasteiger partial charge < -0.3 is 14.4 Å². The van der Waals surface area contributed by atoms with Crippen LogP contribution in [0.1, 0.15) is 5.69 Å². The van der Waals surface area contributed by atoms with E-state index in [1.807, 2.05) is 24.3 Å². The zero-order chi connectivity index (χ0) is 20.2. The summed E-state index contributed by atoms with van der Waals surface area (Å²) < 4.78 is 11.8. The largest absolute Gasteiger partial charge is 0.497 e. The molecule has 0 bridgehead atoms. The van der Waals surface area contributed by atoms with Gasteiger partial charge in [0.1, 0.15) is 16.5 Å². The minimum atomic E-state index is 0.849. The van der Waals surface area contributed by atoms with Crippen LogP contribution in [0.3, 0.4) is 0 Å². The number of nitrogens with zero attached hydrogens (tertiary/aromatic N) is 3. The number of hydrogen-bond acceptors (Lipinski definition) is 6. The maximum atomic E-state index is 5.50. The van der Waals surface area contributed by atoms with Crippen molar-refractivity contribution in [2.24, 2.45) is 0 Å². The van der Waals surface area contributed by atoms with Crippen molar-refractivity contribution in [1.29, 1.82) is 0 Å². The summed E-state index contributed by atoms with van der Waals surface area (Å²) in [7, 11) is 3.40. The van der Waals surface area contributed by atoms with Crippen LogP contribution in [0.15, 0.2) is 52.3 Å². The molecule has 7 heteroatoms. The number of piperazine rings is 1. The van der Waals surface area contributed by atoms with E-state index >= 15 is 0 Å². The number of benzene rings is 2. The molecule has 2 aromatic carbocycles. The Morgan fingerprint density at radius 3 is 2.45 bits per heavy atom. The van der Waals surface area contributed by atoms with E-state index in [1.54, 1.807) is 25.6 Å². The fraction of sp³-hybridized carbons (Fsp3) is 0.318. The van der Waals surface area contributed by atoms with E-state index in [0.29, 0.717) is 0 Å². The monoisotopic (exact) mass is 473 g/mol. The van der Waals surface area contributed by atoms with Gasteiger partial charge in [0.15, 0.2) is 0 Å². The second kappa shape index (κ2) is 9.15. The minimum absolute atomic E-state index is 0.849. The summed E-state index contributed by atoms with van der Waals surface area (Å²) in [5.74, 6) is 1.75. The Bertz CT molecular complexity index is 953. The SMILES string of the molecule is COc1ccc(N2CCN(Cc3csc(-c4cc(Br)ccc4OC)n3)CC2)cc1. The van der Waals surface area contributed by atoms with Crippen molar-refractivity contribution >= 4 is 33.0 Å².